The summed E-state index contributed by atoms with van der Waals surface area (Å²) in [5, 5.41) is 6.17. The monoisotopic (exact) mass is 385 g/mol. The van der Waals surface area contributed by atoms with Crippen molar-refractivity contribution in [3.05, 3.63) is 10.6 Å². The molecule has 6 nitrogen and oxygen atoms in total. The van der Waals surface area contributed by atoms with Gasteiger partial charge in [-0.05, 0) is 43.4 Å². The number of fused-ring (bicyclic) bond motifs is 1. The van der Waals surface area contributed by atoms with Gasteiger partial charge in [-0.3, -0.25) is 5.32 Å². The third-order valence-electron chi connectivity index (χ3n) is 5.18. The van der Waals surface area contributed by atoms with Crippen LogP contribution in [0.4, 0.5) is 9.93 Å². The van der Waals surface area contributed by atoms with Gasteiger partial charge in [-0.15, -0.1) is 11.3 Å². The summed E-state index contributed by atoms with van der Waals surface area (Å²) in [4.78, 5) is 18.0. The van der Waals surface area contributed by atoms with E-state index in [9.17, 15) is 13.2 Å². The van der Waals surface area contributed by atoms with Crippen LogP contribution in [0, 0.1) is 11.3 Å². The minimum atomic E-state index is -3.03. The molecule has 1 aromatic rings. The fourth-order valence-corrected chi connectivity index (χ4v) is 6.34. The van der Waals surface area contributed by atoms with Gasteiger partial charge in [0.15, 0.2) is 15.0 Å². The molecule has 1 fully saturated rings. The maximum atomic E-state index is 12.2. The van der Waals surface area contributed by atoms with Crippen LogP contribution in [0.1, 0.15) is 50.6 Å². The molecule has 1 aromatic heterocycles. The predicted molar refractivity (Wildman–Crippen MR) is 101 cm³/mol. The topological polar surface area (TPSA) is 88.2 Å². The van der Waals surface area contributed by atoms with Gasteiger partial charge in [-0.25, -0.2) is 18.2 Å². The zero-order valence-corrected chi connectivity index (χ0v) is 16.7. The van der Waals surface area contributed by atoms with Crippen molar-refractivity contribution in [2.24, 2.45) is 11.3 Å². The van der Waals surface area contributed by atoms with Gasteiger partial charge in [0.05, 0.1) is 17.2 Å². The largest absolute Gasteiger partial charge is 0.334 e. The van der Waals surface area contributed by atoms with Crippen LogP contribution in [0.3, 0.4) is 0 Å². The van der Waals surface area contributed by atoms with E-state index >= 15 is 0 Å². The van der Waals surface area contributed by atoms with Crippen LogP contribution in [-0.2, 0) is 22.7 Å². The highest BCUT2D eigenvalue weighted by atomic mass is 32.2. The molecule has 2 amide bonds. The number of rotatable bonds is 2. The number of anilines is 1. The summed E-state index contributed by atoms with van der Waals surface area (Å²) in [5.41, 5.74) is 1.38. The Bertz CT molecular complexity index is 750. The van der Waals surface area contributed by atoms with Gasteiger partial charge in [0.1, 0.15) is 0 Å². The predicted octanol–water partition coefficient (Wildman–Crippen LogP) is 2.99. The summed E-state index contributed by atoms with van der Waals surface area (Å²) in [6, 6.07) is -0.667. The Balaban J connectivity index is 1.59. The maximum absolute atomic E-state index is 12.2. The second kappa shape index (κ2) is 6.87. The number of sulfone groups is 1. The average molecular weight is 386 g/mol. The van der Waals surface area contributed by atoms with Crippen molar-refractivity contribution in [1.82, 2.24) is 10.3 Å². The van der Waals surface area contributed by atoms with Gasteiger partial charge in [-0.1, -0.05) is 20.8 Å². The number of amides is 2. The number of urea groups is 1. The van der Waals surface area contributed by atoms with Crippen molar-refractivity contribution in [1.29, 1.82) is 0 Å². The van der Waals surface area contributed by atoms with Crippen molar-refractivity contribution in [2.45, 2.75) is 58.9 Å². The highest BCUT2D eigenvalue weighted by Gasteiger charge is 2.31. The molecule has 2 unspecified atom stereocenters. The second-order valence-electron chi connectivity index (χ2n) is 8.25. The SMILES string of the molecule is CC(C)(C)C1CCc2nc(NC(=O)NC3CCCS(=O)(=O)C3)sc2C1. The highest BCUT2D eigenvalue weighted by Crippen LogP contribution is 2.40. The summed E-state index contributed by atoms with van der Waals surface area (Å²) in [5.74, 6) is 0.887. The molecule has 1 aliphatic carbocycles. The fourth-order valence-electron chi connectivity index (χ4n) is 3.62. The van der Waals surface area contributed by atoms with Gasteiger partial charge in [0, 0.05) is 10.9 Å². The van der Waals surface area contributed by atoms with Crippen LogP contribution in [0.5, 0.6) is 0 Å². The summed E-state index contributed by atoms with van der Waals surface area (Å²) < 4.78 is 23.3. The molecular weight excluding hydrogens is 358 g/mol. The lowest BCUT2D eigenvalue weighted by atomic mass is 9.73. The molecule has 0 bridgehead atoms. The Morgan fingerprint density at radius 2 is 2.04 bits per heavy atom. The molecule has 0 radical (unpaired) electrons. The van der Waals surface area contributed by atoms with Crippen LogP contribution in [0.15, 0.2) is 0 Å². The first-order chi connectivity index (χ1) is 11.6. The number of aryl methyl sites for hydroxylation is 1. The van der Waals surface area contributed by atoms with E-state index in [2.05, 4.69) is 36.4 Å². The Morgan fingerprint density at radius 3 is 2.72 bits per heavy atom. The molecule has 8 heteroatoms. The first kappa shape index (κ1) is 18.6. The van der Waals surface area contributed by atoms with Crippen LogP contribution < -0.4 is 10.6 Å². The number of nitrogens with zero attached hydrogens (tertiary/aromatic N) is 1. The van der Waals surface area contributed by atoms with Gasteiger partial charge < -0.3 is 5.32 Å². The summed E-state index contributed by atoms with van der Waals surface area (Å²) >= 11 is 1.54. The van der Waals surface area contributed by atoms with Gasteiger partial charge in [0.25, 0.3) is 0 Å². The fraction of sp³-hybridized carbons (Fsp3) is 0.765. The number of thiazole rings is 1. The number of carbonyl (C=O) groups is 1. The van der Waals surface area contributed by atoms with E-state index in [1.54, 1.807) is 11.3 Å². The third kappa shape index (κ3) is 4.73. The quantitative estimate of drug-likeness (QED) is 0.819. The number of carbonyl (C=O) groups excluding carboxylic acids is 1. The first-order valence-electron chi connectivity index (χ1n) is 8.89. The average Bonchev–Trinajstić information content (AvgIpc) is 2.85. The molecule has 0 saturated carbocycles. The lowest BCUT2D eigenvalue weighted by molar-refractivity contribution is 0.217. The number of hydrogen-bond donors (Lipinski definition) is 2. The van der Waals surface area contributed by atoms with Crippen LogP contribution in [0.2, 0.25) is 0 Å². The summed E-state index contributed by atoms with van der Waals surface area (Å²) in [7, 11) is -3.03. The minimum absolute atomic E-state index is 0.0298. The zero-order valence-electron chi connectivity index (χ0n) is 15.1. The van der Waals surface area contributed by atoms with Crippen LogP contribution >= 0.6 is 11.3 Å². The molecule has 2 N–H and O–H groups in total. The second-order valence-corrected chi connectivity index (χ2v) is 11.6. The van der Waals surface area contributed by atoms with E-state index < -0.39 is 9.84 Å². The Morgan fingerprint density at radius 1 is 1.28 bits per heavy atom. The van der Waals surface area contributed by atoms with E-state index in [1.807, 2.05) is 0 Å². The number of hydrogen-bond acceptors (Lipinski definition) is 5. The molecule has 0 spiro atoms. The van der Waals surface area contributed by atoms with E-state index in [0.717, 1.165) is 25.0 Å². The minimum Gasteiger partial charge on any atom is -0.334 e. The Kier molecular flexibility index (Phi) is 5.12. The highest BCUT2D eigenvalue weighted by molar-refractivity contribution is 7.91. The Hall–Kier alpha value is -1.15. The lowest BCUT2D eigenvalue weighted by Crippen LogP contribution is -2.44. The first-order valence-corrected chi connectivity index (χ1v) is 11.5. The van der Waals surface area contributed by atoms with Gasteiger partial charge >= 0.3 is 6.03 Å². The molecule has 0 aromatic carbocycles. The van der Waals surface area contributed by atoms with Crippen LogP contribution in [0.25, 0.3) is 0 Å². The molecule has 25 heavy (non-hydrogen) atoms. The van der Waals surface area contributed by atoms with Crippen molar-refractivity contribution in [3.8, 4) is 0 Å². The standard InChI is InChI=1S/C17H27N3O3S2/c1-17(2,3)11-6-7-13-14(9-11)24-16(19-13)20-15(21)18-12-5-4-8-25(22,23)10-12/h11-12H,4-10H2,1-3H3,(H2,18,19,20,21). The van der Waals surface area contributed by atoms with E-state index in [4.69, 9.17) is 0 Å². The Labute approximate surface area is 153 Å². The van der Waals surface area contributed by atoms with E-state index in [-0.39, 0.29) is 29.0 Å². The normalized spacial score (nSPS) is 25.9. The summed E-state index contributed by atoms with van der Waals surface area (Å²) in [6.45, 7) is 6.82. The number of nitrogens with one attached hydrogen (secondary N) is 2. The van der Waals surface area contributed by atoms with E-state index in [0.29, 0.717) is 23.9 Å². The smallest absolute Gasteiger partial charge is 0.321 e. The molecule has 2 atom stereocenters. The van der Waals surface area contributed by atoms with E-state index in [1.165, 1.54) is 4.88 Å². The van der Waals surface area contributed by atoms with Gasteiger partial charge in [-0.2, -0.15) is 0 Å². The maximum Gasteiger partial charge on any atom is 0.321 e. The van der Waals surface area contributed by atoms with Crippen LogP contribution in [-0.4, -0.2) is 37.0 Å². The summed E-state index contributed by atoms with van der Waals surface area (Å²) in [6.07, 6.45) is 4.41. The molecule has 2 heterocycles. The molecule has 3 rings (SSSR count). The molecular formula is C17H27N3O3S2. The molecule has 1 saturated heterocycles. The molecule has 1 aliphatic heterocycles. The van der Waals surface area contributed by atoms with Crippen molar-refractivity contribution in [3.63, 3.8) is 0 Å². The third-order valence-corrected chi connectivity index (χ3v) is 8.04. The van der Waals surface area contributed by atoms with Crippen molar-refractivity contribution in [2.75, 3.05) is 16.8 Å². The lowest BCUT2D eigenvalue weighted by Gasteiger charge is -2.33. The van der Waals surface area contributed by atoms with Crippen molar-refractivity contribution < 1.29 is 13.2 Å². The molecule has 2 aliphatic rings. The number of aromatic nitrogens is 1. The van der Waals surface area contributed by atoms with Gasteiger partial charge in [0.2, 0.25) is 0 Å². The molecule has 140 valence electrons. The van der Waals surface area contributed by atoms with Crippen molar-refractivity contribution >= 4 is 32.3 Å². The zero-order chi connectivity index (χ0) is 18.2.